The van der Waals surface area contributed by atoms with Crippen molar-refractivity contribution in [2.24, 2.45) is 5.92 Å². The average Bonchev–Trinajstić information content (AvgIpc) is 3.45. The highest BCUT2D eigenvalue weighted by Gasteiger charge is 2.72. The first kappa shape index (κ1) is 19.2. The van der Waals surface area contributed by atoms with E-state index in [4.69, 9.17) is 4.74 Å². The quantitative estimate of drug-likeness (QED) is 0.408. The van der Waals surface area contributed by atoms with Gasteiger partial charge in [0.2, 0.25) is 0 Å². The summed E-state index contributed by atoms with van der Waals surface area (Å²) in [6, 6.07) is 8.51. The Morgan fingerprint density at radius 3 is 2.91 bits per heavy atom. The SMILES string of the molecule is O=[N+]([O-])c1ccc2[nH]c3c(c2c1)C[C@@]1(O)[C@H]2Cc4ccc(O)c5c4[C@@]1(CCN2CC1CC1)[C@H]3O5. The maximum Gasteiger partial charge on any atom is 0.270 e. The monoisotopic (exact) mass is 459 g/mol. The Bertz CT molecular complexity index is 1430. The van der Waals surface area contributed by atoms with Gasteiger partial charge in [-0.05, 0) is 61.4 Å². The van der Waals surface area contributed by atoms with E-state index >= 15 is 0 Å². The molecule has 2 bridgehead atoms. The molecule has 34 heavy (non-hydrogen) atoms. The highest BCUT2D eigenvalue weighted by molar-refractivity contribution is 5.88. The number of non-ortho nitro benzene ring substituents is 1. The fraction of sp³-hybridized carbons (Fsp3) is 0.462. The summed E-state index contributed by atoms with van der Waals surface area (Å²) in [6.07, 6.45) is 3.90. The van der Waals surface area contributed by atoms with Crippen LogP contribution < -0.4 is 4.74 Å². The topological polar surface area (TPSA) is 112 Å². The van der Waals surface area contributed by atoms with Crippen LogP contribution in [0.5, 0.6) is 11.5 Å². The van der Waals surface area contributed by atoms with Gasteiger partial charge in [-0.25, -0.2) is 0 Å². The molecule has 1 aromatic heterocycles. The number of nitro groups is 1. The summed E-state index contributed by atoms with van der Waals surface area (Å²) >= 11 is 0. The molecule has 8 rings (SSSR count). The molecule has 3 N–H and O–H groups in total. The van der Waals surface area contributed by atoms with Gasteiger partial charge in [-0.15, -0.1) is 0 Å². The Morgan fingerprint density at radius 2 is 2.12 bits per heavy atom. The van der Waals surface area contributed by atoms with Gasteiger partial charge in [0.05, 0.1) is 21.6 Å². The molecule has 0 unspecified atom stereocenters. The molecule has 1 spiro atoms. The van der Waals surface area contributed by atoms with Crippen molar-refractivity contribution < 1.29 is 19.9 Å². The van der Waals surface area contributed by atoms with Gasteiger partial charge in [0.25, 0.3) is 5.69 Å². The van der Waals surface area contributed by atoms with Gasteiger partial charge in [-0.1, -0.05) is 6.07 Å². The minimum atomic E-state index is -1.09. The average molecular weight is 460 g/mol. The lowest BCUT2D eigenvalue weighted by Crippen LogP contribution is -2.74. The second kappa shape index (κ2) is 5.93. The molecule has 4 atom stereocenters. The Morgan fingerprint density at radius 1 is 1.26 bits per heavy atom. The van der Waals surface area contributed by atoms with Crippen LogP contribution >= 0.6 is 0 Å². The molecule has 3 heterocycles. The zero-order valence-corrected chi connectivity index (χ0v) is 18.6. The predicted octanol–water partition coefficient (Wildman–Crippen LogP) is 3.48. The minimum Gasteiger partial charge on any atom is -0.504 e. The van der Waals surface area contributed by atoms with Crippen LogP contribution in [0.3, 0.4) is 0 Å². The van der Waals surface area contributed by atoms with E-state index in [0.717, 1.165) is 52.8 Å². The molecule has 174 valence electrons. The number of nitro benzene ring substituents is 1. The van der Waals surface area contributed by atoms with E-state index in [1.54, 1.807) is 18.2 Å². The molecule has 2 aromatic carbocycles. The molecular formula is C26H25N3O5. The number of aromatic amines is 1. The Hall–Kier alpha value is -3.10. The van der Waals surface area contributed by atoms with E-state index in [9.17, 15) is 20.3 Å². The number of rotatable bonds is 3. The summed E-state index contributed by atoms with van der Waals surface area (Å²) < 4.78 is 6.54. The highest BCUT2D eigenvalue weighted by atomic mass is 16.6. The van der Waals surface area contributed by atoms with Crippen LogP contribution in [0.2, 0.25) is 0 Å². The van der Waals surface area contributed by atoms with E-state index in [0.29, 0.717) is 24.5 Å². The van der Waals surface area contributed by atoms with Crippen molar-refractivity contribution in [3.05, 3.63) is 62.8 Å². The second-order valence-electron chi connectivity index (χ2n) is 10.9. The molecule has 8 heteroatoms. The number of aliphatic hydroxyl groups is 1. The van der Waals surface area contributed by atoms with E-state index in [2.05, 4.69) is 9.88 Å². The van der Waals surface area contributed by atoms with E-state index < -0.39 is 17.1 Å². The third-order valence-corrected chi connectivity index (χ3v) is 9.36. The molecule has 2 fully saturated rings. The largest absolute Gasteiger partial charge is 0.504 e. The second-order valence-corrected chi connectivity index (χ2v) is 10.9. The van der Waals surface area contributed by atoms with Crippen LogP contribution in [0.25, 0.3) is 10.9 Å². The van der Waals surface area contributed by atoms with Crippen LogP contribution in [0, 0.1) is 16.0 Å². The number of benzene rings is 2. The first-order valence-corrected chi connectivity index (χ1v) is 12.2. The lowest BCUT2D eigenvalue weighted by Gasteiger charge is -2.62. The summed E-state index contributed by atoms with van der Waals surface area (Å²) in [6.45, 7) is 1.89. The van der Waals surface area contributed by atoms with Gasteiger partial charge in [-0.2, -0.15) is 0 Å². The molecule has 0 radical (unpaired) electrons. The van der Waals surface area contributed by atoms with Gasteiger partial charge in [0.1, 0.15) is 0 Å². The summed E-state index contributed by atoms with van der Waals surface area (Å²) in [5, 5.41) is 35.8. The number of hydrogen-bond donors (Lipinski definition) is 3. The lowest BCUT2D eigenvalue weighted by atomic mass is 9.49. The van der Waals surface area contributed by atoms with Crippen molar-refractivity contribution in [2.45, 2.75) is 55.3 Å². The highest BCUT2D eigenvalue weighted by Crippen LogP contribution is 2.69. The molecule has 3 aromatic rings. The van der Waals surface area contributed by atoms with E-state index in [-0.39, 0.29) is 22.4 Å². The smallest absolute Gasteiger partial charge is 0.270 e. The fourth-order valence-corrected chi connectivity index (χ4v) is 7.72. The molecule has 3 aliphatic carbocycles. The lowest BCUT2D eigenvalue weighted by molar-refractivity contribution is -0.384. The van der Waals surface area contributed by atoms with Crippen LogP contribution in [-0.4, -0.2) is 49.8 Å². The normalized spacial score (nSPS) is 32.9. The van der Waals surface area contributed by atoms with Crippen LogP contribution in [0.15, 0.2) is 30.3 Å². The van der Waals surface area contributed by atoms with Gasteiger partial charge in [-0.3, -0.25) is 15.0 Å². The van der Waals surface area contributed by atoms with Crippen molar-refractivity contribution in [3.63, 3.8) is 0 Å². The number of ether oxygens (including phenoxy) is 1. The summed E-state index contributed by atoms with van der Waals surface area (Å²) in [5.74, 6) is 1.31. The van der Waals surface area contributed by atoms with Gasteiger partial charge in [0, 0.05) is 47.6 Å². The zero-order valence-electron chi connectivity index (χ0n) is 18.6. The molecule has 5 aliphatic rings. The fourth-order valence-electron chi connectivity index (χ4n) is 7.72. The number of H-pyrrole nitrogens is 1. The summed E-state index contributed by atoms with van der Waals surface area (Å²) in [4.78, 5) is 17.1. The van der Waals surface area contributed by atoms with Crippen LogP contribution in [0.4, 0.5) is 5.69 Å². The minimum absolute atomic E-state index is 0.0383. The third kappa shape index (κ3) is 2.08. The number of phenols is 1. The Balaban J connectivity index is 1.40. The maximum absolute atomic E-state index is 12.8. The van der Waals surface area contributed by atoms with Crippen molar-refractivity contribution in [1.82, 2.24) is 9.88 Å². The first-order chi connectivity index (χ1) is 16.4. The summed E-state index contributed by atoms with van der Waals surface area (Å²) in [5.41, 5.74) is 2.99. The van der Waals surface area contributed by atoms with Crippen molar-refractivity contribution in [1.29, 1.82) is 0 Å². The molecule has 0 amide bonds. The standard InChI is InChI=1S/C26H25N3O5/c30-19-6-3-14-9-20-26(31)11-17-16-10-15(29(32)33)4-5-18(16)27-22(17)24-25(26,21(14)23(19)34-24)7-8-28(20)12-13-1-2-13/h3-6,10,13,20,24,27,30-31H,1-2,7-9,11-12H2/t20-,24+,25+,26-/m1/s1. The zero-order chi connectivity index (χ0) is 23.0. The number of aromatic hydroxyl groups is 1. The van der Waals surface area contributed by atoms with E-state index in [1.165, 1.54) is 18.9 Å². The Labute approximate surface area is 195 Å². The molecule has 8 nitrogen and oxygen atoms in total. The number of aromatic nitrogens is 1. The number of nitrogens with one attached hydrogen (secondary N) is 1. The number of nitrogens with zero attached hydrogens (tertiary/aromatic N) is 2. The van der Waals surface area contributed by atoms with Crippen LogP contribution in [0.1, 0.15) is 47.8 Å². The number of hydrogen-bond acceptors (Lipinski definition) is 6. The molecule has 1 saturated heterocycles. The Kier molecular flexibility index (Phi) is 3.35. The maximum atomic E-state index is 12.8. The van der Waals surface area contributed by atoms with Crippen molar-refractivity contribution >= 4 is 16.6 Å². The predicted molar refractivity (Wildman–Crippen MR) is 123 cm³/mol. The molecule has 1 saturated carbocycles. The number of fused-ring (bicyclic) bond motifs is 4. The van der Waals surface area contributed by atoms with Gasteiger partial charge < -0.3 is 19.9 Å². The molecule has 2 aliphatic heterocycles. The number of phenolic OH excluding ortho intramolecular Hbond substituents is 1. The van der Waals surface area contributed by atoms with Crippen LogP contribution in [-0.2, 0) is 18.3 Å². The number of likely N-dealkylation sites (tertiary alicyclic amines) is 1. The van der Waals surface area contributed by atoms with E-state index in [1.807, 2.05) is 6.07 Å². The summed E-state index contributed by atoms with van der Waals surface area (Å²) in [7, 11) is 0. The third-order valence-electron chi connectivity index (χ3n) is 9.36. The number of piperidine rings is 1. The molecular weight excluding hydrogens is 434 g/mol. The van der Waals surface area contributed by atoms with Crippen molar-refractivity contribution in [2.75, 3.05) is 13.1 Å². The first-order valence-electron chi connectivity index (χ1n) is 12.2. The van der Waals surface area contributed by atoms with Gasteiger partial charge >= 0.3 is 0 Å². The van der Waals surface area contributed by atoms with Crippen molar-refractivity contribution in [3.8, 4) is 11.5 Å². The van der Waals surface area contributed by atoms with Gasteiger partial charge in [0.15, 0.2) is 17.6 Å².